The van der Waals surface area contributed by atoms with Gasteiger partial charge in [-0.2, -0.15) is 0 Å². The summed E-state index contributed by atoms with van der Waals surface area (Å²) >= 11 is 0. The highest BCUT2D eigenvalue weighted by Gasteiger charge is 2.19. The van der Waals surface area contributed by atoms with Crippen LogP contribution in [0, 0.1) is 0 Å². The summed E-state index contributed by atoms with van der Waals surface area (Å²) in [7, 11) is 2.30. The van der Waals surface area contributed by atoms with Gasteiger partial charge in [0.05, 0.1) is 20.6 Å². The second kappa shape index (κ2) is 6.56. The van der Waals surface area contributed by atoms with Crippen molar-refractivity contribution in [1.82, 2.24) is 0 Å². The van der Waals surface area contributed by atoms with E-state index in [0.29, 0.717) is 0 Å². The van der Waals surface area contributed by atoms with Gasteiger partial charge in [-0.05, 0) is 0 Å². The Kier molecular flexibility index (Phi) is 7.36. The van der Waals surface area contributed by atoms with E-state index in [4.69, 9.17) is 5.11 Å². The molecule has 12 heavy (non-hydrogen) atoms. The third-order valence-corrected chi connectivity index (χ3v) is 1.06. The molecule has 0 aromatic heterocycles. The summed E-state index contributed by atoms with van der Waals surface area (Å²) in [6.07, 6.45) is -1.80. The quantitative estimate of drug-likeness (QED) is 0.519. The molecule has 0 aromatic carbocycles. The number of rotatable bonds is 3. The Bertz CT molecular complexity index is 154. The lowest BCUT2D eigenvalue weighted by molar-refractivity contribution is -0.156. The van der Waals surface area contributed by atoms with Gasteiger partial charge < -0.3 is 20.1 Å². The van der Waals surface area contributed by atoms with E-state index in [1.165, 1.54) is 7.11 Å². The first-order chi connectivity index (χ1) is 5.11. The molecule has 0 radical (unpaired) electrons. The van der Waals surface area contributed by atoms with Crippen LogP contribution in [0.15, 0.2) is 0 Å². The second-order valence-corrected chi connectivity index (χ2v) is 1.82. The van der Waals surface area contributed by atoms with Crippen LogP contribution in [-0.4, -0.2) is 42.8 Å². The lowest BCUT2D eigenvalue weighted by Gasteiger charge is -2.05. The first-order valence-electron chi connectivity index (χ1n) is 2.94. The number of carbonyl (C=O) groups excluding carboxylic acids is 2. The molecule has 0 aliphatic rings. The molecular formula is C6H12O6. The van der Waals surface area contributed by atoms with Gasteiger partial charge in [0.1, 0.15) is 0 Å². The highest BCUT2D eigenvalue weighted by Crippen LogP contribution is 1.95. The number of carbonyl (C=O) groups is 2. The Hall–Kier alpha value is -1.14. The maximum atomic E-state index is 10.5. The fraction of sp³-hybridized carbons (Fsp3) is 0.667. The molecule has 1 unspecified atom stereocenters. The van der Waals surface area contributed by atoms with Gasteiger partial charge in [-0.15, -0.1) is 0 Å². The predicted molar refractivity (Wildman–Crippen MR) is 38.3 cm³/mol. The van der Waals surface area contributed by atoms with Crippen LogP contribution in [0.4, 0.5) is 0 Å². The molecule has 0 amide bonds. The molecule has 1 atom stereocenters. The van der Waals surface area contributed by atoms with E-state index >= 15 is 0 Å². The maximum absolute atomic E-state index is 10.5. The Morgan fingerprint density at radius 1 is 1.33 bits per heavy atom. The lowest BCUT2D eigenvalue weighted by Crippen LogP contribution is -2.25. The molecule has 0 saturated heterocycles. The van der Waals surface area contributed by atoms with E-state index < -0.39 is 18.0 Å². The first kappa shape index (κ1) is 13.4. The van der Waals surface area contributed by atoms with Crippen molar-refractivity contribution in [3.05, 3.63) is 0 Å². The van der Waals surface area contributed by atoms with Gasteiger partial charge >= 0.3 is 11.9 Å². The van der Waals surface area contributed by atoms with Crippen molar-refractivity contribution in [2.24, 2.45) is 0 Å². The molecule has 0 bridgehead atoms. The minimum absolute atomic E-state index is 0. The summed E-state index contributed by atoms with van der Waals surface area (Å²) < 4.78 is 8.37. The van der Waals surface area contributed by atoms with Gasteiger partial charge in [0.25, 0.3) is 0 Å². The van der Waals surface area contributed by atoms with E-state index in [2.05, 4.69) is 9.47 Å². The lowest BCUT2D eigenvalue weighted by atomic mass is 10.2. The highest BCUT2D eigenvalue weighted by atomic mass is 16.5. The average molecular weight is 180 g/mol. The number of hydrogen-bond donors (Lipinski definition) is 1. The summed E-state index contributed by atoms with van der Waals surface area (Å²) in [5.74, 6) is -1.49. The number of ether oxygens (including phenoxy) is 2. The smallest absolute Gasteiger partial charge is 0.335 e. The first-order valence-corrected chi connectivity index (χ1v) is 2.94. The maximum Gasteiger partial charge on any atom is 0.335 e. The van der Waals surface area contributed by atoms with Crippen molar-refractivity contribution in [2.45, 2.75) is 12.5 Å². The van der Waals surface area contributed by atoms with Crippen LogP contribution in [0.3, 0.4) is 0 Å². The molecule has 0 aromatic rings. The van der Waals surface area contributed by atoms with Crippen molar-refractivity contribution in [3.8, 4) is 0 Å². The normalized spacial score (nSPS) is 10.9. The fourth-order valence-electron chi connectivity index (χ4n) is 0.461. The van der Waals surface area contributed by atoms with Crippen molar-refractivity contribution in [3.63, 3.8) is 0 Å². The Balaban J connectivity index is 0. The SMILES string of the molecule is COC(=O)CC(O)C(=O)OC.O. The summed E-state index contributed by atoms with van der Waals surface area (Å²) in [6, 6.07) is 0. The monoisotopic (exact) mass is 180 g/mol. The molecule has 0 saturated carbocycles. The summed E-state index contributed by atoms with van der Waals surface area (Å²) in [5, 5.41) is 8.84. The van der Waals surface area contributed by atoms with Gasteiger partial charge in [0.2, 0.25) is 0 Å². The van der Waals surface area contributed by atoms with Gasteiger partial charge in [0.15, 0.2) is 6.10 Å². The number of methoxy groups -OCH3 is 2. The minimum atomic E-state index is -1.42. The Labute approximate surface area is 69.4 Å². The number of aliphatic hydroxyl groups excluding tert-OH is 1. The Morgan fingerprint density at radius 2 is 1.83 bits per heavy atom. The third kappa shape index (κ3) is 4.64. The molecule has 72 valence electrons. The van der Waals surface area contributed by atoms with E-state index in [9.17, 15) is 9.59 Å². The van der Waals surface area contributed by atoms with E-state index in [1.54, 1.807) is 0 Å². The summed E-state index contributed by atoms with van der Waals surface area (Å²) in [5.41, 5.74) is 0. The van der Waals surface area contributed by atoms with Crippen LogP contribution in [-0.2, 0) is 19.1 Å². The largest absolute Gasteiger partial charge is 0.469 e. The zero-order valence-corrected chi connectivity index (χ0v) is 6.86. The fourth-order valence-corrected chi connectivity index (χ4v) is 0.461. The standard InChI is InChI=1S/C6H10O5.H2O/c1-10-5(8)3-4(7)6(9)11-2;/h4,7H,3H2,1-2H3;1H2. The van der Waals surface area contributed by atoms with Crippen molar-refractivity contribution in [1.29, 1.82) is 0 Å². The van der Waals surface area contributed by atoms with Crippen molar-refractivity contribution < 1.29 is 29.6 Å². The van der Waals surface area contributed by atoms with Crippen LogP contribution in [0.5, 0.6) is 0 Å². The van der Waals surface area contributed by atoms with Gasteiger partial charge in [0, 0.05) is 0 Å². The molecule has 6 heteroatoms. The molecule has 0 aliphatic heterocycles. The van der Waals surface area contributed by atoms with E-state index in [0.717, 1.165) is 7.11 Å². The van der Waals surface area contributed by atoms with Crippen LogP contribution >= 0.6 is 0 Å². The van der Waals surface area contributed by atoms with Crippen molar-refractivity contribution >= 4 is 11.9 Å². The molecule has 0 aliphatic carbocycles. The third-order valence-electron chi connectivity index (χ3n) is 1.06. The molecule has 3 N–H and O–H groups in total. The Morgan fingerprint density at radius 3 is 2.17 bits per heavy atom. The molecule has 6 nitrogen and oxygen atoms in total. The van der Waals surface area contributed by atoms with Crippen LogP contribution in [0.2, 0.25) is 0 Å². The average Bonchev–Trinajstić information content (AvgIpc) is 2.02. The van der Waals surface area contributed by atoms with Crippen molar-refractivity contribution in [2.75, 3.05) is 14.2 Å². The molecule has 0 fully saturated rings. The number of esters is 2. The van der Waals surface area contributed by atoms with E-state index in [-0.39, 0.29) is 11.9 Å². The minimum Gasteiger partial charge on any atom is -0.469 e. The predicted octanol–water partition coefficient (Wildman–Crippen LogP) is -1.74. The summed E-state index contributed by atoms with van der Waals surface area (Å²) in [6.45, 7) is 0. The zero-order valence-electron chi connectivity index (χ0n) is 6.86. The second-order valence-electron chi connectivity index (χ2n) is 1.82. The van der Waals surface area contributed by atoms with Crippen LogP contribution < -0.4 is 0 Å². The summed E-state index contributed by atoms with van der Waals surface area (Å²) in [4.78, 5) is 20.9. The topological polar surface area (TPSA) is 104 Å². The number of aliphatic hydroxyl groups is 1. The highest BCUT2D eigenvalue weighted by molar-refractivity contribution is 5.81. The van der Waals surface area contributed by atoms with Gasteiger partial charge in [-0.3, -0.25) is 4.79 Å². The molecular weight excluding hydrogens is 168 g/mol. The van der Waals surface area contributed by atoms with E-state index in [1.807, 2.05) is 0 Å². The van der Waals surface area contributed by atoms with Gasteiger partial charge in [-0.25, -0.2) is 4.79 Å². The molecule has 0 spiro atoms. The molecule has 0 heterocycles. The van der Waals surface area contributed by atoms with Crippen LogP contribution in [0.25, 0.3) is 0 Å². The number of hydrogen-bond acceptors (Lipinski definition) is 5. The van der Waals surface area contributed by atoms with Crippen LogP contribution in [0.1, 0.15) is 6.42 Å². The zero-order chi connectivity index (χ0) is 8.85. The molecule has 0 rings (SSSR count). The van der Waals surface area contributed by atoms with Gasteiger partial charge in [-0.1, -0.05) is 0 Å².